The van der Waals surface area contributed by atoms with Crippen LogP contribution in [0.15, 0.2) is 60.1 Å². The molecule has 8 heteroatoms. The summed E-state index contributed by atoms with van der Waals surface area (Å²) in [6, 6.07) is 16.1. The van der Waals surface area contributed by atoms with Gasteiger partial charge in [-0.05, 0) is 36.6 Å². The van der Waals surface area contributed by atoms with E-state index < -0.39 is 0 Å². The Kier molecular flexibility index (Phi) is 3.92. The second-order valence-corrected chi connectivity index (χ2v) is 7.87. The van der Waals surface area contributed by atoms with Crippen molar-refractivity contribution in [2.75, 3.05) is 5.32 Å². The molecule has 0 aliphatic heterocycles. The van der Waals surface area contributed by atoms with Crippen LogP contribution in [0.1, 0.15) is 5.69 Å². The molecule has 1 N–H and O–H groups in total. The highest BCUT2D eigenvalue weighted by Gasteiger charge is 2.12. The molecule has 1 aromatic carbocycles. The zero-order chi connectivity index (χ0) is 18.2. The Hall–Kier alpha value is -3.10. The quantitative estimate of drug-likeness (QED) is 0.465. The lowest BCUT2D eigenvalue weighted by atomic mass is 10.2. The lowest BCUT2D eigenvalue weighted by Crippen LogP contribution is -1.97. The Morgan fingerprint density at radius 2 is 1.93 bits per heavy atom. The van der Waals surface area contributed by atoms with Crippen molar-refractivity contribution in [3.63, 3.8) is 0 Å². The van der Waals surface area contributed by atoms with Crippen LogP contribution in [0.5, 0.6) is 0 Å². The molecule has 0 aliphatic carbocycles. The Bertz CT molecular complexity index is 1210. The van der Waals surface area contributed by atoms with E-state index in [-0.39, 0.29) is 0 Å². The highest BCUT2D eigenvalue weighted by atomic mass is 32.1. The molecule has 0 bridgehead atoms. The van der Waals surface area contributed by atoms with Gasteiger partial charge in [0.2, 0.25) is 5.13 Å². The lowest BCUT2D eigenvalue weighted by Gasteiger charge is -2.04. The fourth-order valence-electron chi connectivity index (χ4n) is 2.86. The van der Waals surface area contributed by atoms with E-state index >= 15 is 0 Å². The van der Waals surface area contributed by atoms with Gasteiger partial charge in [0.1, 0.15) is 0 Å². The molecule has 27 heavy (non-hydrogen) atoms. The molecule has 0 saturated heterocycles. The Morgan fingerprint density at radius 3 is 2.74 bits per heavy atom. The molecule has 5 aromatic rings. The van der Waals surface area contributed by atoms with Gasteiger partial charge in [0.15, 0.2) is 10.7 Å². The summed E-state index contributed by atoms with van der Waals surface area (Å²) in [5, 5.41) is 21.1. The van der Waals surface area contributed by atoms with Crippen LogP contribution in [0, 0.1) is 6.92 Å². The molecule has 0 radical (unpaired) electrons. The van der Waals surface area contributed by atoms with Gasteiger partial charge in [-0.15, -0.1) is 21.5 Å². The van der Waals surface area contributed by atoms with Crippen LogP contribution in [-0.4, -0.2) is 25.0 Å². The highest BCUT2D eigenvalue weighted by Crippen LogP contribution is 2.31. The van der Waals surface area contributed by atoms with E-state index in [1.54, 1.807) is 17.5 Å². The molecule has 4 heterocycles. The van der Waals surface area contributed by atoms with Crippen molar-refractivity contribution in [3.05, 3.63) is 65.8 Å². The molecule has 0 aliphatic rings. The number of benzene rings is 1. The van der Waals surface area contributed by atoms with E-state index in [0.29, 0.717) is 0 Å². The Balaban J connectivity index is 1.48. The number of fused-ring (bicyclic) bond motifs is 1. The monoisotopic (exact) mass is 390 g/mol. The number of thiophene rings is 1. The zero-order valence-electron chi connectivity index (χ0n) is 14.3. The minimum absolute atomic E-state index is 0.743. The molecular weight excluding hydrogens is 376 g/mol. The maximum absolute atomic E-state index is 4.65. The second-order valence-electron chi connectivity index (χ2n) is 5.94. The Morgan fingerprint density at radius 1 is 1.04 bits per heavy atom. The number of pyridine rings is 1. The lowest BCUT2D eigenvalue weighted by molar-refractivity contribution is 0.878. The summed E-state index contributed by atoms with van der Waals surface area (Å²) in [5.41, 5.74) is 3.63. The SMILES string of the molecule is Cc1nn(-c2ccccc2)c2ncc(Nc3nnc(-c4cccs4)s3)cc12. The normalized spacial score (nSPS) is 11.1. The number of rotatable bonds is 4. The summed E-state index contributed by atoms with van der Waals surface area (Å²) in [5.74, 6) is 0. The van der Waals surface area contributed by atoms with E-state index in [1.165, 1.54) is 11.3 Å². The predicted octanol–water partition coefficient (Wildman–Crippen LogP) is 5.05. The van der Waals surface area contributed by atoms with Crippen LogP contribution in [0.4, 0.5) is 10.8 Å². The van der Waals surface area contributed by atoms with Gasteiger partial charge in [-0.25, -0.2) is 9.67 Å². The average molecular weight is 390 g/mol. The van der Waals surface area contributed by atoms with Crippen molar-refractivity contribution in [1.82, 2.24) is 25.0 Å². The number of nitrogens with one attached hydrogen (secondary N) is 1. The largest absolute Gasteiger partial charge is 0.329 e. The standard InChI is InChI=1S/C19H14N6S2/c1-12-15-10-13(21-19-23-22-18(27-19)16-8-5-9-26-16)11-20-17(15)25(24-12)14-6-3-2-4-7-14/h2-11H,1H3,(H,21,23). The van der Waals surface area contributed by atoms with Crippen LogP contribution in [-0.2, 0) is 0 Å². The van der Waals surface area contributed by atoms with Crippen LogP contribution in [0.3, 0.4) is 0 Å². The van der Waals surface area contributed by atoms with Crippen molar-refractivity contribution in [1.29, 1.82) is 0 Å². The van der Waals surface area contributed by atoms with E-state index in [4.69, 9.17) is 0 Å². The summed E-state index contributed by atoms with van der Waals surface area (Å²) in [6.07, 6.45) is 1.80. The first-order valence-corrected chi connectivity index (χ1v) is 10.0. The van der Waals surface area contributed by atoms with Gasteiger partial charge >= 0.3 is 0 Å². The third kappa shape index (κ3) is 2.98. The molecule has 6 nitrogen and oxygen atoms in total. The van der Waals surface area contributed by atoms with Crippen molar-refractivity contribution in [2.24, 2.45) is 0 Å². The minimum Gasteiger partial charge on any atom is -0.329 e. The maximum Gasteiger partial charge on any atom is 0.210 e. The summed E-state index contributed by atoms with van der Waals surface area (Å²) >= 11 is 3.18. The molecule has 132 valence electrons. The third-order valence-corrected chi connectivity index (χ3v) is 5.99. The van der Waals surface area contributed by atoms with Crippen LogP contribution < -0.4 is 5.32 Å². The number of hydrogen-bond acceptors (Lipinski definition) is 7. The molecule has 4 aromatic heterocycles. The number of hydrogen-bond donors (Lipinski definition) is 1. The van der Waals surface area contributed by atoms with Crippen molar-refractivity contribution in [2.45, 2.75) is 6.92 Å². The first kappa shape index (κ1) is 16.1. The summed E-state index contributed by atoms with van der Waals surface area (Å²) < 4.78 is 1.87. The van der Waals surface area contributed by atoms with E-state index in [0.717, 1.165) is 43.1 Å². The number of para-hydroxylation sites is 1. The van der Waals surface area contributed by atoms with Gasteiger partial charge in [-0.3, -0.25) is 0 Å². The van der Waals surface area contributed by atoms with E-state index in [2.05, 4.69) is 31.7 Å². The average Bonchev–Trinajstić information content (AvgIpc) is 3.43. The molecular formula is C19H14N6S2. The topological polar surface area (TPSA) is 68.5 Å². The van der Waals surface area contributed by atoms with Gasteiger partial charge in [-0.2, -0.15) is 5.10 Å². The number of aromatic nitrogens is 5. The first-order chi connectivity index (χ1) is 13.3. The number of anilines is 2. The molecule has 0 atom stereocenters. The predicted molar refractivity (Wildman–Crippen MR) is 110 cm³/mol. The van der Waals surface area contributed by atoms with Crippen LogP contribution in [0.25, 0.3) is 26.6 Å². The van der Waals surface area contributed by atoms with Crippen molar-refractivity contribution < 1.29 is 0 Å². The number of nitrogens with zero attached hydrogens (tertiary/aromatic N) is 5. The minimum atomic E-state index is 0.743. The summed E-state index contributed by atoms with van der Waals surface area (Å²) in [7, 11) is 0. The van der Waals surface area contributed by atoms with E-state index in [9.17, 15) is 0 Å². The smallest absolute Gasteiger partial charge is 0.210 e. The fraction of sp³-hybridized carbons (Fsp3) is 0.0526. The Labute approximate surface area is 163 Å². The molecule has 5 rings (SSSR count). The molecule has 0 amide bonds. The van der Waals surface area contributed by atoms with Gasteiger partial charge in [-0.1, -0.05) is 35.6 Å². The fourth-order valence-corrected chi connectivity index (χ4v) is 4.41. The summed E-state index contributed by atoms with van der Waals surface area (Å²) in [4.78, 5) is 5.75. The summed E-state index contributed by atoms with van der Waals surface area (Å²) in [6.45, 7) is 1.99. The van der Waals surface area contributed by atoms with Gasteiger partial charge in [0.05, 0.1) is 28.1 Å². The number of aryl methyl sites for hydroxylation is 1. The van der Waals surface area contributed by atoms with Gasteiger partial charge in [0.25, 0.3) is 0 Å². The van der Waals surface area contributed by atoms with Crippen LogP contribution >= 0.6 is 22.7 Å². The van der Waals surface area contributed by atoms with Crippen molar-refractivity contribution >= 4 is 44.5 Å². The molecule has 0 fully saturated rings. The second kappa shape index (κ2) is 6.57. The van der Waals surface area contributed by atoms with Crippen molar-refractivity contribution in [3.8, 4) is 15.6 Å². The molecule has 0 saturated carbocycles. The zero-order valence-corrected chi connectivity index (χ0v) is 16.0. The highest BCUT2D eigenvalue weighted by molar-refractivity contribution is 7.22. The maximum atomic E-state index is 4.65. The van der Waals surface area contributed by atoms with E-state index in [1.807, 2.05) is 59.5 Å². The first-order valence-electron chi connectivity index (χ1n) is 8.33. The van der Waals surface area contributed by atoms with Crippen LogP contribution in [0.2, 0.25) is 0 Å². The van der Waals surface area contributed by atoms with Gasteiger partial charge in [0, 0.05) is 5.39 Å². The molecule has 0 spiro atoms. The molecule has 0 unspecified atom stereocenters. The van der Waals surface area contributed by atoms with Gasteiger partial charge < -0.3 is 5.32 Å². The third-order valence-electron chi connectivity index (χ3n) is 4.12.